The lowest BCUT2D eigenvalue weighted by molar-refractivity contribution is -0.137. The zero-order chi connectivity index (χ0) is 26.9. The highest BCUT2D eigenvalue weighted by molar-refractivity contribution is 6.30. The number of aryl methyl sites for hydroxylation is 3. The third-order valence-corrected chi connectivity index (χ3v) is 7.01. The second-order valence-corrected chi connectivity index (χ2v) is 9.96. The van der Waals surface area contributed by atoms with Crippen LogP contribution in [0.4, 0.5) is 13.2 Å². The zero-order valence-corrected chi connectivity index (χ0v) is 21.1. The molecule has 0 saturated heterocycles. The van der Waals surface area contributed by atoms with E-state index < -0.39 is 23.6 Å². The molecule has 0 aliphatic heterocycles. The molecule has 4 nitrogen and oxygen atoms in total. The van der Waals surface area contributed by atoms with Crippen LogP contribution in [0, 0.1) is 19.8 Å². The van der Waals surface area contributed by atoms with Gasteiger partial charge in [-0.15, -0.1) is 0 Å². The predicted molar refractivity (Wildman–Crippen MR) is 134 cm³/mol. The van der Waals surface area contributed by atoms with Crippen LogP contribution in [-0.2, 0) is 27.0 Å². The van der Waals surface area contributed by atoms with Gasteiger partial charge in [-0.1, -0.05) is 29.8 Å². The monoisotopic (exact) mass is 527 g/mol. The Hall–Kier alpha value is -3.32. The van der Waals surface area contributed by atoms with Crippen LogP contribution < -0.4 is 0 Å². The summed E-state index contributed by atoms with van der Waals surface area (Å²) >= 11 is 6.09. The van der Waals surface area contributed by atoms with Crippen molar-refractivity contribution < 1.29 is 27.6 Å². The Bertz CT molecular complexity index is 1360. The molecule has 4 rings (SSSR count). The van der Waals surface area contributed by atoms with Crippen molar-refractivity contribution in [2.24, 2.45) is 5.92 Å². The predicted octanol–water partition coefficient (Wildman–Crippen LogP) is 6.87. The Morgan fingerprint density at radius 3 is 2.41 bits per heavy atom. The molecule has 0 spiro atoms. The summed E-state index contributed by atoms with van der Waals surface area (Å²) in [6, 6.07) is 12.0. The second kappa shape index (κ2) is 10.6. The van der Waals surface area contributed by atoms with Gasteiger partial charge in [-0.25, -0.2) is 0 Å². The number of carbonyl (C=O) groups is 3. The molecule has 1 fully saturated rings. The molecule has 1 saturated carbocycles. The Balaban J connectivity index is 1.45. The van der Waals surface area contributed by atoms with Gasteiger partial charge in [-0.3, -0.25) is 19.4 Å². The van der Waals surface area contributed by atoms with Gasteiger partial charge in [0.25, 0.3) is 0 Å². The molecule has 1 heterocycles. The van der Waals surface area contributed by atoms with Crippen molar-refractivity contribution in [3.8, 4) is 11.3 Å². The summed E-state index contributed by atoms with van der Waals surface area (Å²) < 4.78 is 38.8. The summed E-state index contributed by atoms with van der Waals surface area (Å²) in [4.78, 5) is 43.1. The van der Waals surface area contributed by atoms with Gasteiger partial charge in [-0.05, 0) is 72.9 Å². The molecule has 1 aliphatic carbocycles. The Morgan fingerprint density at radius 2 is 1.76 bits per heavy atom. The van der Waals surface area contributed by atoms with E-state index in [9.17, 15) is 27.6 Å². The zero-order valence-electron chi connectivity index (χ0n) is 20.4. The maximum Gasteiger partial charge on any atom is 0.416 e. The van der Waals surface area contributed by atoms with E-state index >= 15 is 0 Å². The maximum atomic E-state index is 13.3. The number of hydrogen-bond donors (Lipinski definition) is 0. The van der Waals surface area contributed by atoms with E-state index in [1.807, 2.05) is 26.0 Å². The molecule has 192 valence electrons. The van der Waals surface area contributed by atoms with Gasteiger partial charge >= 0.3 is 6.18 Å². The molecular formula is C29H25ClF3NO3. The minimum Gasteiger partial charge on any atom is -0.300 e. The van der Waals surface area contributed by atoms with Gasteiger partial charge < -0.3 is 0 Å². The van der Waals surface area contributed by atoms with Crippen LogP contribution in [0.3, 0.4) is 0 Å². The fraction of sp³-hybridized carbons (Fsp3) is 0.310. The standard InChI is InChI=1S/C29H25ClF3NO3/c1-16-10-19(24-15-22(30)8-9-34-24)11-17(2)26(16)27-25(36)14-20(28(27)37)13-23(35)7-6-18-4-3-5-21(12-18)29(31,32)33/h3-5,8-12,15,20,27H,6-7,13-14H2,1-2H3. The number of aromatic nitrogens is 1. The van der Waals surface area contributed by atoms with Crippen molar-refractivity contribution in [1.82, 2.24) is 4.98 Å². The van der Waals surface area contributed by atoms with E-state index in [2.05, 4.69) is 4.98 Å². The average Bonchev–Trinajstić information content (AvgIpc) is 3.09. The Labute approximate surface area is 217 Å². The van der Waals surface area contributed by atoms with Gasteiger partial charge in [0.1, 0.15) is 17.5 Å². The Kier molecular flexibility index (Phi) is 7.64. The number of Topliss-reactive ketones (excluding diaryl/α,β-unsaturated/α-hetero) is 3. The van der Waals surface area contributed by atoms with E-state index in [4.69, 9.17) is 11.6 Å². The first-order chi connectivity index (χ1) is 17.4. The smallest absolute Gasteiger partial charge is 0.300 e. The summed E-state index contributed by atoms with van der Waals surface area (Å²) in [6.45, 7) is 3.68. The fourth-order valence-electron chi connectivity index (χ4n) is 5.04. The largest absolute Gasteiger partial charge is 0.416 e. The molecule has 2 aromatic carbocycles. The minimum atomic E-state index is -4.45. The topological polar surface area (TPSA) is 64.1 Å². The number of halogens is 4. The number of nitrogens with zero attached hydrogens (tertiary/aromatic N) is 1. The summed E-state index contributed by atoms with van der Waals surface area (Å²) in [5.41, 5.74) is 3.34. The molecule has 8 heteroatoms. The summed E-state index contributed by atoms with van der Waals surface area (Å²) in [7, 11) is 0. The van der Waals surface area contributed by atoms with E-state index in [-0.39, 0.29) is 43.0 Å². The first-order valence-electron chi connectivity index (χ1n) is 11.9. The molecule has 2 atom stereocenters. The van der Waals surface area contributed by atoms with Crippen molar-refractivity contribution in [3.63, 3.8) is 0 Å². The van der Waals surface area contributed by atoms with Gasteiger partial charge in [0.15, 0.2) is 5.78 Å². The van der Waals surface area contributed by atoms with E-state index in [0.717, 1.165) is 28.8 Å². The summed E-state index contributed by atoms with van der Waals surface area (Å²) in [6.07, 6.45) is -2.82. The third-order valence-electron chi connectivity index (χ3n) is 6.78. The lowest BCUT2D eigenvalue weighted by Gasteiger charge is -2.17. The van der Waals surface area contributed by atoms with Gasteiger partial charge in [-0.2, -0.15) is 13.2 Å². The normalized spacial score (nSPS) is 17.9. The van der Waals surface area contributed by atoms with Crippen molar-refractivity contribution >= 4 is 29.0 Å². The van der Waals surface area contributed by atoms with Gasteiger partial charge in [0.2, 0.25) is 0 Å². The quantitative estimate of drug-likeness (QED) is 0.314. The highest BCUT2D eigenvalue weighted by Crippen LogP contribution is 2.39. The molecule has 3 aromatic rings. The summed E-state index contributed by atoms with van der Waals surface area (Å²) in [5.74, 6) is -2.40. The number of pyridine rings is 1. The fourth-order valence-corrected chi connectivity index (χ4v) is 5.20. The number of alkyl halides is 3. The molecule has 0 bridgehead atoms. The summed E-state index contributed by atoms with van der Waals surface area (Å²) in [5, 5.41) is 0.547. The SMILES string of the molecule is Cc1cc(-c2cc(Cl)ccn2)cc(C)c1C1C(=O)CC(CC(=O)CCc2cccc(C(F)(F)F)c2)C1=O. The van der Waals surface area contributed by atoms with Crippen LogP contribution in [0.1, 0.15) is 53.0 Å². The molecule has 0 radical (unpaired) electrons. The minimum absolute atomic E-state index is 0.00331. The Morgan fingerprint density at radius 1 is 1.05 bits per heavy atom. The first-order valence-corrected chi connectivity index (χ1v) is 12.3. The average molecular weight is 528 g/mol. The van der Waals surface area contributed by atoms with E-state index in [0.29, 0.717) is 21.8 Å². The third kappa shape index (κ3) is 5.99. The molecular weight excluding hydrogens is 503 g/mol. The molecule has 2 unspecified atom stereocenters. The van der Waals surface area contributed by atoms with E-state index in [1.165, 1.54) is 12.1 Å². The van der Waals surface area contributed by atoms with E-state index in [1.54, 1.807) is 18.3 Å². The molecule has 37 heavy (non-hydrogen) atoms. The molecule has 0 N–H and O–H groups in total. The van der Waals surface area contributed by atoms with Gasteiger partial charge in [0, 0.05) is 42.0 Å². The highest BCUT2D eigenvalue weighted by atomic mass is 35.5. The number of rotatable bonds is 7. The van der Waals surface area contributed by atoms with Gasteiger partial charge in [0.05, 0.1) is 11.3 Å². The highest BCUT2D eigenvalue weighted by Gasteiger charge is 2.43. The van der Waals surface area contributed by atoms with Crippen molar-refractivity contribution in [2.45, 2.75) is 51.6 Å². The van der Waals surface area contributed by atoms with Crippen molar-refractivity contribution in [2.75, 3.05) is 0 Å². The van der Waals surface area contributed by atoms with Crippen molar-refractivity contribution in [1.29, 1.82) is 0 Å². The van der Waals surface area contributed by atoms with Crippen LogP contribution >= 0.6 is 11.6 Å². The molecule has 1 aromatic heterocycles. The lowest BCUT2D eigenvalue weighted by Crippen LogP contribution is -2.19. The van der Waals surface area contributed by atoms with Crippen LogP contribution in [-0.4, -0.2) is 22.3 Å². The van der Waals surface area contributed by atoms with Crippen LogP contribution in [0.2, 0.25) is 5.02 Å². The number of hydrogen-bond acceptors (Lipinski definition) is 4. The molecule has 1 aliphatic rings. The first kappa shape index (κ1) is 26.7. The molecule has 0 amide bonds. The number of benzene rings is 2. The number of carbonyl (C=O) groups excluding carboxylic acids is 3. The number of ketones is 3. The van der Waals surface area contributed by atoms with Crippen LogP contribution in [0.5, 0.6) is 0 Å². The van der Waals surface area contributed by atoms with Crippen LogP contribution in [0.25, 0.3) is 11.3 Å². The van der Waals surface area contributed by atoms with Crippen molar-refractivity contribution in [3.05, 3.63) is 87.6 Å². The maximum absolute atomic E-state index is 13.3. The second-order valence-electron chi connectivity index (χ2n) is 9.53. The lowest BCUT2D eigenvalue weighted by atomic mass is 9.85. The van der Waals surface area contributed by atoms with Crippen LogP contribution in [0.15, 0.2) is 54.7 Å².